The number of fused-ring (bicyclic) bond motifs is 2. The van der Waals surface area contributed by atoms with Gasteiger partial charge in [-0.05, 0) is 83.0 Å². The van der Waals surface area contributed by atoms with Gasteiger partial charge < -0.3 is 18.9 Å². The van der Waals surface area contributed by atoms with Crippen molar-refractivity contribution in [2.45, 2.75) is 52.2 Å². The van der Waals surface area contributed by atoms with Crippen LogP contribution < -0.4 is 4.74 Å². The monoisotopic (exact) mass is 590 g/mol. The van der Waals surface area contributed by atoms with Crippen LogP contribution in [0.5, 0.6) is 5.75 Å². The molecule has 2 atom stereocenters. The highest BCUT2D eigenvalue weighted by atomic mass is 16.6. The van der Waals surface area contributed by atoms with Gasteiger partial charge in [-0.3, -0.25) is 0 Å². The lowest BCUT2D eigenvalue weighted by Gasteiger charge is -2.22. The number of hydrogen-bond acceptors (Lipinski definition) is 5. The van der Waals surface area contributed by atoms with E-state index in [9.17, 15) is 4.79 Å². The van der Waals surface area contributed by atoms with E-state index < -0.39 is 6.10 Å². The third kappa shape index (κ3) is 7.85. The Labute approximate surface area is 261 Å². The Morgan fingerprint density at radius 2 is 1.50 bits per heavy atom. The van der Waals surface area contributed by atoms with Gasteiger partial charge in [0.05, 0.1) is 13.2 Å². The van der Waals surface area contributed by atoms with Gasteiger partial charge in [0.1, 0.15) is 18.5 Å². The van der Waals surface area contributed by atoms with Gasteiger partial charge in [0, 0.05) is 13.0 Å². The maximum absolute atomic E-state index is 12.2. The summed E-state index contributed by atoms with van der Waals surface area (Å²) in [6.45, 7) is 7.51. The van der Waals surface area contributed by atoms with Gasteiger partial charge in [0.25, 0.3) is 0 Å². The molecule has 0 heterocycles. The average Bonchev–Trinajstić information content (AvgIpc) is 3.20. The molecule has 4 aromatic carbocycles. The van der Waals surface area contributed by atoms with E-state index in [0.29, 0.717) is 32.8 Å². The topological polar surface area (TPSA) is 54.0 Å². The maximum atomic E-state index is 12.2. The van der Waals surface area contributed by atoms with Crippen LogP contribution >= 0.6 is 0 Å². The van der Waals surface area contributed by atoms with Crippen molar-refractivity contribution in [3.05, 3.63) is 124 Å². The molecule has 0 bridgehead atoms. The summed E-state index contributed by atoms with van der Waals surface area (Å²) in [4.78, 5) is 12.2. The number of rotatable bonds is 14. The summed E-state index contributed by atoms with van der Waals surface area (Å²) in [5, 5.41) is 0. The van der Waals surface area contributed by atoms with Gasteiger partial charge in [0.2, 0.25) is 0 Å². The minimum absolute atomic E-state index is 0.207. The highest BCUT2D eigenvalue weighted by molar-refractivity contribution is 5.79. The molecule has 0 amide bonds. The number of carbonyl (C=O) groups excluding carboxylic acids is 1. The second-order valence-electron chi connectivity index (χ2n) is 10.9. The van der Waals surface area contributed by atoms with E-state index in [1.807, 2.05) is 37.3 Å². The van der Waals surface area contributed by atoms with Crippen LogP contribution in [0.25, 0.3) is 23.3 Å². The van der Waals surface area contributed by atoms with Crippen LogP contribution in [0.1, 0.15) is 66.7 Å². The predicted octanol–water partition coefficient (Wildman–Crippen LogP) is 8.49. The Morgan fingerprint density at radius 3 is 2.25 bits per heavy atom. The fraction of sp³-hybridized carbons (Fsp3) is 0.308. The molecule has 5 heteroatoms. The standard InChI is InChI=1S/C39H42O5/c1-4-10-28-13-16-31-17-18-33-27-32(30-11-8-7-9-12-30)19-22-35(33)38(36(31)25-28)44-24-23-43-34-20-14-29(15-21-34)26-37(41-5-2)39(40)42-6-3/h7-9,11-22,25,27,37-38H,4-6,10,23-24,26H2,1-3H3. The van der Waals surface area contributed by atoms with Gasteiger partial charge >= 0.3 is 5.97 Å². The zero-order valence-corrected chi connectivity index (χ0v) is 26.0. The van der Waals surface area contributed by atoms with E-state index in [-0.39, 0.29) is 12.1 Å². The molecule has 0 saturated heterocycles. The Balaban J connectivity index is 1.28. The van der Waals surface area contributed by atoms with E-state index in [1.54, 1.807) is 6.92 Å². The lowest BCUT2D eigenvalue weighted by molar-refractivity contribution is -0.156. The van der Waals surface area contributed by atoms with Crippen molar-refractivity contribution < 1.29 is 23.7 Å². The molecule has 1 aliphatic carbocycles. The van der Waals surface area contributed by atoms with Crippen molar-refractivity contribution in [1.82, 2.24) is 0 Å². The Morgan fingerprint density at radius 1 is 0.727 bits per heavy atom. The molecule has 1 aliphatic rings. The van der Waals surface area contributed by atoms with E-state index in [1.165, 1.54) is 27.8 Å². The SMILES string of the molecule is CCCc1ccc2c(c1)C(OCCOc1ccc(CC(OCC)C(=O)OCC)cc1)c1ccc(-c3ccccc3)cc1C=C2. The summed E-state index contributed by atoms with van der Waals surface area (Å²) in [6.07, 6.45) is 6.18. The maximum Gasteiger partial charge on any atom is 0.335 e. The average molecular weight is 591 g/mol. The number of ether oxygens (including phenoxy) is 4. The zero-order valence-electron chi connectivity index (χ0n) is 26.0. The third-order valence-electron chi connectivity index (χ3n) is 7.79. The molecular formula is C39H42O5. The van der Waals surface area contributed by atoms with Crippen molar-refractivity contribution in [3.8, 4) is 16.9 Å². The van der Waals surface area contributed by atoms with E-state index in [2.05, 4.69) is 79.7 Å². The molecule has 0 radical (unpaired) electrons. The molecule has 2 unspecified atom stereocenters. The van der Waals surface area contributed by atoms with Crippen molar-refractivity contribution >= 4 is 18.1 Å². The summed E-state index contributed by atoms with van der Waals surface area (Å²) in [7, 11) is 0. The Hall–Kier alpha value is -4.19. The third-order valence-corrected chi connectivity index (χ3v) is 7.79. The van der Waals surface area contributed by atoms with E-state index >= 15 is 0 Å². The lowest BCUT2D eigenvalue weighted by atomic mass is 9.92. The minimum atomic E-state index is -0.610. The van der Waals surface area contributed by atoms with Crippen LogP contribution in [0.4, 0.5) is 0 Å². The van der Waals surface area contributed by atoms with Gasteiger partial charge in [-0.25, -0.2) is 4.79 Å². The molecule has 0 spiro atoms. The smallest absolute Gasteiger partial charge is 0.335 e. The first-order valence-corrected chi connectivity index (χ1v) is 15.7. The highest BCUT2D eigenvalue weighted by Gasteiger charge is 2.24. The van der Waals surface area contributed by atoms with Crippen LogP contribution in [0.15, 0.2) is 91.0 Å². The van der Waals surface area contributed by atoms with Crippen LogP contribution in [0.3, 0.4) is 0 Å². The molecule has 0 saturated carbocycles. The molecule has 0 aromatic heterocycles. The highest BCUT2D eigenvalue weighted by Crippen LogP contribution is 2.38. The quantitative estimate of drug-likeness (QED) is 0.109. The summed E-state index contributed by atoms with van der Waals surface area (Å²) in [5.74, 6) is 0.421. The molecule has 4 aromatic rings. The van der Waals surface area contributed by atoms with E-state index in [0.717, 1.165) is 35.3 Å². The number of esters is 1. The normalized spacial score (nSPS) is 14.3. The molecular weight excluding hydrogens is 548 g/mol. The molecule has 0 aliphatic heterocycles. The summed E-state index contributed by atoms with van der Waals surface area (Å²) in [5.41, 5.74) is 9.37. The fourth-order valence-corrected chi connectivity index (χ4v) is 5.65. The van der Waals surface area contributed by atoms with Crippen LogP contribution in [0, 0.1) is 0 Å². The number of carbonyl (C=O) groups is 1. The molecule has 0 N–H and O–H groups in total. The Bertz CT molecular complexity index is 1540. The zero-order chi connectivity index (χ0) is 30.7. The number of aryl methyl sites for hydroxylation is 1. The fourth-order valence-electron chi connectivity index (χ4n) is 5.65. The van der Waals surface area contributed by atoms with E-state index in [4.69, 9.17) is 18.9 Å². The summed E-state index contributed by atoms with van der Waals surface area (Å²) < 4.78 is 23.5. The molecule has 5 rings (SSSR count). The first-order chi connectivity index (χ1) is 21.6. The second-order valence-corrected chi connectivity index (χ2v) is 10.9. The number of benzene rings is 4. The van der Waals surface area contributed by atoms with Gasteiger partial charge in [0.15, 0.2) is 6.10 Å². The largest absolute Gasteiger partial charge is 0.491 e. The van der Waals surface area contributed by atoms with Gasteiger partial charge in [-0.2, -0.15) is 0 Å². The number of hydrogen-bond donors (Lipinski definition) is 0. The van der Waals surface area contributed by atoms with Gasteiger partial charge in [-0.1, -0.05) is 98.3 Å². The molecule has 228 valence electrons. The minimum Gasteiger partial charge on any atom is -0.491 e. The first-order valence-electron chi connectivity index (χ1n) is 15.7. The molecule has 0 fully saturated rings. The second kappa shape index (κ2) is 15.5. The summed E-state index contributed by atoms with van der Waals surface area (Å²) >= 11 is 0. The molecule has 44 heavy (non-hydrogen) atoms. The van der Waals surface area contributed by atoms with Crippen molar-refractivity contribution in [3.63, 3.8) is 0 Å². The van der Waals surface area contributed by atoms with Crippen LogP contribution in [-0.4, -0.2) is 38.5 Å². The van der Waals surface area contributed by atoms with Crippen molar-refractivity contribution in [1.29, 1.82) is 0 Å². The summed E-state index contributed by atoms with van der Waals surface area (Å²) in [6, 6.07) is 31.6. The van der Waals surface area contributed by atoms with Crippen molar-refractivity contribution in [2.75, 3.05) is 26.4 Å². The van der Waals surface area contributed by atoms with Crippen LogP contribution in [0.2, 0.25) is 0 Å². The first kappa shape index (κ1) is 31.2. The Kier molecular flexibility index (Phi) is 11.0. The molecule has 5 nitrogen and oxygen atoms in total. The van der Waals surface area contributed by atoms with Crippen molar-refractivity contribution in [2.24, 2.45) is 0 Å². The van der Waals surface area contributed by atoms with Crippen LogP contribution in [-0.2, 0) is 31.8 Å². The van der Waals surface area contributed by atoms with Gasteiger partial charge in [-0.15, -0.1) is 0 Å². The predicted molar refractivity (Wildman–Crippen MR) is 177 cm³/mol. The lowest BCUT2D eigenvalue weighted by Crippen LogP contribution is -2.28.